The maximum absolute atomic E-state index is 5.72. The molecule has 1 aliphatic carbocycles. The first-order valence-electron chi connectivity index (χ1n) is 6.49. The Morgan fingerprint density at radius 3 is 3.00 bits per heavy atom. The summed E-state index contributed by atoms with van der Waals surface area (Å²) in [5.41, 5.74) is 6.56. The second-order valence-electron chi connectivity index (χ2n) is 5.12. The highest BCUT2D eigenvalue weighted by atomic mass is 32.1. The Morgan fingerprint density at radius 2 is 2.28 bits per heavy atom. The molecule has 2 fully saturated rings. The van der Waals surface area contributed by atoms with Crippen molar-refractivity contribution in [2.45, 2.75) is 31.3 Å². The van der Waals surface area contributed by atoms with Crippen LogP contribution in [0.2, 0.25) is 0 Å². The minimum atomic E-state index is 0.405. The lowest BCUT2D eigenvalue weighted by atomic mass is 10.2. The smallest absolute Gasteiger partial charge is 0.136 e. The molecule has 1 saturated carbocycles. The van der Waals surface area contributed by atoms with Gasteiger partial charge in [0.05, 0.1) is 5.56 Å². The molecule has 96 valence electrons. The average Bonchev–Trinajstić information content (AvgIpc) is 3.11. The maximum atomic E-state index is 5.72. The lowest BCUT2D eigenvalue weighted by Crippen LogP contribution is -2.28. The third-order valence-electron chi connectivity index (χ3n) is 3.70. The number of pyridine rings is 1. The maximum Gasteiger partial charge on any atom is 0.136 e. The highest BCUT2D eigenvalue weighted by Gasteiger charge is 2.34. The van der Waals surface area contributed by atoms with E-state index in [0.717, 1.165) is 24.0 Å². The quantitative estimate of drug-likeness (QED) is 0.803. The molecule has 0 bridgehead atoms. The Hall–Kier alpha value is -1.20. The predicted octanol–water partition coefficient (Wildman–Crippen LogP) is 1.36. The number of aromatic nitrogens is 1. The number of nitrogens with zero attached hydrogens (tertiary/aromatic N) is 2. The van der Waals surface area contributed by atoms with Gasteiger partial charge in [-0.3, -0.25) is 4.90 Å². The summed E-state index contributed by atoms with van der Waals surface area (Å²) < 4.78 is 0. The fourth-order valence-electron chi connectivity index (χ4n) is 2.59. The van der Waals surface area contributed by atoms with Crippen LogP contribution in [0.4, 0.5) is 5.82 Å². The molecule has 0 spiro atoms. The van der Waals surface area contributed by atoms with Crippen molar-refractivity contribution >= 4 is 23.0 Å². The third kappa shape index (κ3) is 2.47. The minimum Gasteiger partial charge on any atom is -0.389 e. The molecule has 18 heavy (non-hydrogen) atoms. The lowest BCUT2D eigenvalue weighted by molar-refractivity contribution is 0.326. The highest BCUT2D eigenvalue weighted by molar-refractivity contribution is 7.80. The molecule has 2 aliphatic rings. The van der Waals surface area contributed by atoms with Crippen LogP contribution in [-0.4, -0.2) is 40.0 Å². The van der Waals surface area contributed by atoms with E-state index in [2.05, 4.69) is 15.2 Å². The van der Waals surface area contributed by atoms with Crippen molar-refractivity contribution in [1.29, 1.82) is 0 Å². The zero-order valence-electron chi connectivity index (χ0n) is 10.3. The van der Waals surface area contributed by atoms with Crippen molar-refractivity contribution in [3.63, 3.8) is 0 Å². The Kier molecular flexibility index (Phi) is 3.18. The first-order chi connectivity index (χ1) is 8.74. The second-order valence-corrected chi connectivity index (χ2v) is 5.56. The van der Waals surface area contributed by atoms with Crippen LogP contribution in [0.15, 0.2) is 18.3 Å². The minimum absolute atomic E-state index is 0.405. The summed E-state index contributed by atoms with van der Waals surface area (Å²) in [5.74, 6) is 0.827. The molecular weight excluding hydrogens is 244 g/mol. The Bertz CT molecular complexity index is 458. The van der Waals surface area contributed by atoms with Crippen molar-refractivity contribution in [3.8, 4) is 0 Å². The normalized spacial score (nSPS) is 24.1. The zero-order chi connectivity index (χ0) is 12.5. The SMILES string of the molecule is NC(=S)c1cccnc1NC1CCN(C2CC2)C1. The van der Waals surface area contributed by atoms with Gasteiger partial charge in [0, 0.05) is 31.4 Å². The monoisotopic (exact) mass is 262 g/mol. The van der Waals surface area contributed by atoms with E-state index in [1.165, 1.54) is 25.8 Å². The van der Waals surface area contributed by atoms with Gasteiger partial charge < -0.3 is 11.1 Å². The molecule has 1 aromatic rings. The molecule has 5 heteroatoms. The Morgan fingerprint density at radius 1 is 1.44 bits per heavy atom. The van der Waals surface area contributed by atoms with Crippen molar-refractivity contribution in [3.05, 3.63) is 23.9 Å². The summed E-state index contributed by atoms with van der Waals surface area (Å²) >= 11 is 5.05. The number of rotatable bonds is 4. The van der Waals surface area contributed by atoms with Crippen LogP contribution in [-0.2, 0) is 0 Å². The Labute approximate surface area is 113 Å². The van der Waals surface area contributed by atoms with Crippen molar-refractivity contribution in [2.75, 3.05) is 18.4 Å². The molecule has 0 amide bonds. The van der Waals surface area contributed by atoms with E-state index in [4.69, 9.17) is 18.0 Å². The number of likely N-dealkylation sites (tertiary alicyclic amines) is 1. The van der Waals surface area contributed by atoms with Crippen LogP contribution in [0, 0.1) is 0 Å². The number of hydrogen-bond acceptors (Lipinski definition) is 4. The molecule has 0 aromatic carbocycles. The second kappa shape index (κ2) is 4.82. The van der Waals surface area contributed by atoms with Crippen LogP contribution in [0.1, 0.15) is 24.8 Å². The standard InChI is InChI=1S/C13H18N4S/c14-12(18)11-2-1-6-15-13(11)16-9-5-7-17(8-9)10-3-4-10/h1-2,6,9-10H,3-5,7-8H2,(H2,14,18)(H,15,16). The van der Waals surface area contributed by atoms with Gasteiger partial charge in [-0.1, -0.05) is 12.2 Å². The molecule has 1 unspecified atom stereocenters. The number of thiocarbonyl (C=S) groups is 1. The molecule has 2 heterocycles. The van der Waals surface area contributed by atoms with Gasteiger partial charge in [0.25, 0.3) is 0 Å². The average molecular weight is 262 g/mol. The van der Waals surface area contributed by atoms with E-state index in [0.29, 0.717) is 11.0 Å². The van der Waals surface area contributed by atoms with E-state index in [1.54, 1.807) is 6.20 Å². The van der Waals surface area contributed by atoms with Gasteiger partial charge in [-0.05, 0) is 31.4 Å². The van der Waals surface area contributed by atoms with Crippen LogP contribution in [0.25, 0.3) is 0 Å². The van der Waals surface area contributed by atoms with Gasteiger partial charge in [0.1, 0.15) is 10.8 Å². The third-order valence-corrected chi connectivity index (χ3v) is 3.92. The van der Waals surface area contributed by atoms with Gasteiger partial charge >= 0.3 is 0 Å². The van der Waals surface area contributed by atoms with Crippen LogP contribution in [0.3, 0.4) is 0 Å². The topological polar surface area (TPSA) is 54.2 Å². The van der Waals surface area contributed by atoms with E-state index >= 15 is 0 Å². The molecule has 1 aliphatic heterocycles. The van der Waals surface area contributed by atoms with Crippen molar-refractivity contribution < 1.29 is 0 Å². The molecule has 1 atom stereocenters. The number of nitrogens with one attached hydrogen (secondary N) is 1. The fourth-order valence-corrected chi connectivity index (χ4v) is 2.75. The van der Waals surface area contributed by atoms with Gasteiger partial charge in [-0.15, -0.1) is 0 Å². The highest BCUT2D eigenvalue weighted by Crippen LogP contribution is 2.30. The van der Waals surface area contributed by atoms with Gasteiger partial charge in [0.15, 0.2) is 0 Å². The summed E-state index contributed by atoms with van der Waals surface area (Å²) in [6, 6.07) is 5.10. The van der Waals surface area contributed by atoms with E-state index < -0.39 is 0 Å². The molecule has 3 rings (SSSR count). The first-order valence-corrected chi connectivity index (χ1v) is 6.90. The molecule has 1 aromatic heterocycles. The first kappa shape index (κ1) is 11.9. The van der Waals surface area contributed by atoms with Gasteiger partial charge in [-0.25, -0.2) is 4.98 Å². The fraction of sp³-hybridized carbons (Fsp3) is 0.538. The summed E-state index contributed by atoms with van der Waals surface area (Å²) in [5, 5.41) is 3.48. The Balaban J connectivity index is 1.67. The van der Waals surface area contributed by atoms with Crippen molar-refractivity contribution in [1.82, 2.24) is 9.88 Å². The van der Waals surface area contributed by atoms with Crippen molar-refractivity contribution in [2.24, 2.45) is 5.73 Å². The number of anilines is 1. The van der Waals surface area contributed by atoms with Crippen LogP contribution < -0.4 is 11.1 Å². The van der Waals surface area contributed by atoms with E-state index in [-0.39, 0.29) is 0 Å². The summed E-state index contributed by atoms with van der Waals surface area (Å²) in [6.07, 6.45) is 5.68. The predicted molar refractivity (Wildman–Crippen MR) is 76.7 cm³/mol. The molecular formula is C13H18N4S. The molecule has 1 saturated heterocycles. The largest absolute Gasteiger partial charge is 0.389 e. The number of hydrogen-bond donors (Lipinski definition) is 2. The summed E-state index contributed by atoms with van der Waals surface area (Å²) in [4.78, 5) is 7.33. The molecule has 0 radical (unpaired) electrons. The molecule has 4 nitrogen and oxygen atoms in total. The van der Waals surface area contributed by atoms with E-state index in [9.17, 15) is 0 Å². The van der Waals surface area contributed by atoms with Gasteiger partial charge in [-0.2, -0.15) is 0 Å². The lowest BCUT2D eigenvalue weighted by Gasteiger charge is -2.17. The summed E-state index contributed by atoms with van der Waals surface area (Å²) in [6.45, 7) is 2.30. The van der Waals surface area contributed by atoms with Gasteiger partial charge in [0.2, 0.25) is 0 Å². The zero-order valence-corrected chi connectivity index (χ0v) is 11.1. The van der Waals surface area contributed by atoms with E-state index in [1.807, 2.05) is 12.1 Å². The molecule has 3 N–H and O–H groups in total. The summed E-state index contributed by atoms with van der Waals surface area (Å²) in [7, 11) is 0. The van der Waals surface area contributed by atoms with Crippen LogP contribution in [0.5, 0.6) is 0 Å². The van der Waals surface area contributed by atoms with Crippen LogP contribution >= 0.6 is 12.2 Å². The number of nitrogens with two attached hydrogens (primary N) is 1.